The Bertz CT molecular complexity index is 757. The van der Waals surface area contributed by atoms with Crippen molar-refractivity contribution in [1.29, 1.82) is 5.26 Å². The molecule has 0 heterocycles. The summed E-state index contributed by atoms with van der Waals surface area (Å²) in [6, 6.07) is 14.4. The van der Waals surface area contributed by atoms with E-state index in [0.29, 0.717) is 16.3 Å². The highest BCUT2D eigenvalue weighted by atomic mass is 79.9. The lowest BCUT2D eigenvalue weighted by molar-refractivity contribution is -0.123. The summed E-state index contributed by atoms with van der Waals surface area (Å²) in [5, 5.41) is 12.1. The number of nitrogens with zero attached hydrogens (tertiary/aromatic N) is 1. The van der Waals surface area contributed by atoms with Crippen molar-refractivity contribution >= 4 is 33.4 Å². The second-order valence-electron chi connectivity index (χ2n) is 5.13. The van der Waals surface area contributed by atoms with Crippen molar-refractivity contribution in [3.05, 3.63) is 63.1 Å². The molecule has 0 spiro atoms. The van der Waals surface area contributed by atoms with Gasteiger partial charge < -0.3 is 10.1 Å². The van der Waals surface area contributed by atoms with Gasteiger partial charge in [0.15, 0.2) is 6.61 Å². The molecule has 1 N–H and O–H groups in total. The van der Waals surface area contributed by atoms with E-state index in [2.05, 4.69) is 21.2 Å². The predicted molar refractivity (Wildman–Crippen MR) is 97.0 cm³/mol. The Balaban J connectivity index is 1.94. The van der Waals surface area contributed by atoms with E-state index in [4.69, 9.17) is 21.6 Å². The highest BCUT2D eigenvalue weighted by Gasteiger charge is 2.14. The van der Waals surface area contributed by atoms with Crippen LogP contribution in [-0.2, 0) is 4.79 Å². The maximum atomic E-state index is 12.1. The van der Waals surface area contributed by atoms with Crippen molar-refractivity contribution in [3.8, 4) is 11.8 Å². The summed E-state index contributed by atoms with van der Waals surface area (Å²) < 4.78 is 6.43. The summed E-state index contributed by atoms with van der Waals surface area (Å²) in [4.78, 5) is 12.1. The van der Waals surface area contributed by atoms with Crippen molar-refractivity contribution in [2.75, 3.05) is 6.61 Å². The summed E-state index contributed by atoms with van der Waals surface area (Å²) in [7, 11) is 0. The first-order chi connectivity index (χ1) is 11.5. The van der Waals surface area contributed by atoms with E-state index in [1.165, 1.54) is 6.07 Å². The fourth-order valence-corrected chi connectivity index (χ4v) is 2.68. The number of ether oxygens (including phenoxy) is 1. The third-order valence-electron chi connectivity index (χ3n) is 3.44. The number of carbonyl (C=O) groups is 1. The Hall–Kier alpha value is -2.03. The molecule has 0 aliphatic carbocycles. The number of benzene rings is 2. The third kappa shape index (κ3) is 4.98. The Labute approximate surface area is 154 Å². The summed E-state index contributed by atoms with van der Waals surface area (Å²) in [6.45, 7) is 1.87. The molecule has 0 saturated carbocycles. The fourth-order valence-electron chi connectivity index (χ4n) is 2.18. The number of carbonyl (C=O) groups excluding carboxylic acids is 1. The summed E-state index contributed by atoms with van der Waals surface area (Å²) in [5.74, 6) is 0.146. The largest absolute Gasteiger partial charge is 0.482 e. The van der Waals surface area contributed by atoms with Gasteiger partial charge in [0.1, 0.15) is 5.75 Å². The number of amides is 1. The normalized spacial score (nSPS) is 11.4. The van der Waals surface area contributed by atoms with E-state index >= 15 is 0 Å². The number of hydrogen-bond donors (Lipinski definition) is 1. The molecule has 4 nitrogen and oxygen atoms in total. The van der Waals surface area contributed by atoms with Crippen LogP contribution in [0.3, 0.4) is 0 Å². The van der Waals surface area contributed by atoms with E-state index in [0.717, 1.165) is 16.5 Å². The van der Waals surface area contributed by atoms with Gasteiger partial charge in [0.2, 0.25) is 0 Å². The van der Waals surface area contributed by atoms with Gasteiger partial charge in [-0.05, 0) is 42.3 Å². The van der Waals surface area contributed by atoms with Crippen LogP contribution >= 0.6 is 27.5 Å². The van der Waals surface area contributed by atoms with Crippen LogP contribution in [0.5, 0.6) is 5.75 Å². The molecule has 0 fully saturated rings. The molecule has 0 aliphatic heterocycles. The second kappa shape index (κ2) is 8.72. The molecule has 1 amide bonds. The van der Waals surface area contributed by atoms with Crippen LogP contribution < -0.4 is 10.1 Å². The number of halogens is 2. The van der Waals surface area contributed by atoms with Gasteiger partial charge >= 0.3 is 0 Å². The average Bonchev–Trinajstić information content (AvgIpc) is 2.59. The molecule has 124 valence electrons. The van der Waals surface area contributed by atoms with Gasteiger partial charge in [-0.2, -0.15) is 5.26 Å². The monoisotopic (exact) mass is 406 g/mol. The minimum atomic E-state index is -0.231. The molecule has 0 unspecified atom stereocenters. The van der Waals surface area contributed by atoms with Crippen LogP contribution in [0.15, 0.2) is 46.9 Å². The minimum Gasteiger partial charge on any atom is -0.482 e. The number of nitrogens with one attached hydrogen (secondary N) is 1. The Morgan fingerprint density at radius 3 is 2.62 bits per heavy atom. The molecule has 0 bridgehead atoms. The summed E-state index contributed by atoms with van der Waals surface area (Å²) in [5.41, 5.74) is 1.48. The van der Waals surface area contributed by atoms with Crippen molar-refractivity contribution < 1.29 is 9.53 Å². The van der Waals surface area contributed by atoms with Crippen LogP contribution in [0.1, 0.15) is 30.5 Å². The van der Waals surface area contributed by atoms with Crippen molar-refractivity contribution in [2.45, 2.75) is 19.4 Å². The summed E-state index contributed by atoms with van der Waals surface area (Å²) >= 11 is 9.42. The van der Waals surface area contributed by atoms with E-state index < -0.39 is 0 Å². The zero-order valence-electron chi connectivity index (χ0n) is 13.1. The van der Waals surface area contributed by atoms with Gasteiger partial charge in [-0.15, -0.1) is 0 Å². The van der Waals surface area contributed by atoms with Crippen LogP contribution in [0, 0.1) is 11.3 Å². The molecular weight excluding hydrogens is 392 g/mol. The predicted octanol–water partition coefficient (Wildman–Crippen LogP) is 4.62. The minimum absolute atomic E-state index is 0.0781. The van der Waals surface area contributed by atoms with E-state index in [-0.39, 0.29) is 18.6 Å². The lowest BCUT2D eigenvalue weighted by atomic mass is 10.0. The topological polar surface area (TPSA) is 62.1 Å². The fraction of sp³-hybridized carbons (Fsp3) is 0.222. The Kier molecular flexibility index (Phi) is 6.65. The first-order valence-electron chi connectivity index (χ1n) is 7.40. The molecule has 24 heavy (non-hydrogen) atoms. The van der Waals surface area contributed by atoms with Gasteiger partial charge in [-0.3, -0.25) is 4.79 Å². The van der Waals surface area contributed by atoms with Crippen molar-refractivity contribution in [1.82, 2.24) is 5.32 Å². The molecule has 2 aromatic carbocycles. The SMILES string of the molecule is CC[C@@H](NC(=O)COc1ccc(C#N)cc1Cl)c1ccc(Br)cc1. The molecule has 0 radical (unpaired) electrons. The quantitative estimate of drug-likeness (QED) is 0.760. The lowest BCUT2D eigenvalue weighted by Crippen LogP contribution is -2.32. The molecule has 6 heteroatoms. The highest BCUT2D eigenvalue weighted by Crippen LogP contribution is 2.25. The lowest BCUT2D eigenvalue weighted by Gasteiger charge is -2.18. The maximum absolute atomic E-state index is 12.1. The number of nitriles is 1. The number of rotatable bonds is 6. The van der Waals surface area contributed by atoms with Crippen LogP contribution in [-0.4, -0.2) is 12.5 Å². The van der Waals surface area contributed by atoms with Crippen LogP contribution in [0.4, 0.5) is 0 Å². The van der Waals surface area contributed by atoms with Gasteiger partial charge in [-0.25, -0.2) is 0 Å². The van der Waals surface area contributed by atoms with Crippen molar-refractivity contribution in [2.24, 2.45) is 0 Å². The second-order valence-corrected chi connectivity index (χ2v) is 6.45. The average molecular weight is 408 g/mol. The first kappa shape index (κ1) is 18.3. The highest BCUT2D eigenvalue weighted by molar-refractivity contribution is 9.10. The molecular formula is C18H16BrClN2O2. The van der Waals surface area contributed by atoms with Crippen molar-refractivity contribution in [3.63, 3.8) is 0 Å². The van der Waals surface area contributed by atoms with Crippen LogP contribution in [0.2, 0.25) is 5.02 Å². The zero-order valence-corrected chi connectivity index (χ0v) is 15.4. The van der Waals surface area contributed by atoms with Gasteiger partial charge in [0.05, 0.1) is 22.7 Å². The zero-order chi connectivity index (χ0) is 17.5. The van der Waals surface area contributed by atoms with Gasteiger partial charge in [-0.1, -0.05) is 46.6 Å². The van der Waals surface area contributed by atoms with E-state index in [9.17, 15) is 4.79 Å². The molecule has 0 aromatic heterocycles. The smallest absolute Gasteiger partial charge is 0.258 e. The Morgan fingerprint density at radius 2 is 2.04 bits per heavy atom. The van der Waals surface area contributed by atoms with Gasteiger partial charge in [0, 0.05) is 4.47 Å². The van der Waals surface area contributed by atoms with E-state index in [1.807, 2.05) is 37.3 Å². The molecule has 0 saturated heterocycles. The van der Waals surface area contributed by atoms with E-state index in [1.54, 1.807) is 12.1 Å². The number of hydrogen-bond acceptors (Lipinski definition) is 3. The molecule has 1 atom stereocenters. The molecule has 2 aromatic rings. The third-order valence-corrected chi connectivity index (χ3v) is 4.26. The van der Waals surface area contributed by atoms with Crippen LogP contribution in [0.25, 0.3) is 0 Å². The summed E-state index contributed by atoms with van der Waals surface area (Å²) in [6.07, 6.45) is 0.769. The Morgan fingerprint density at radius 1 is 1.33 bits per heavy atom. The molecule has 2 rings (SSSR count). The first-order valence-corrected chi connectivity index (χ1v) is 8.58. The maximum Gasteiger partial charge on any atom is 0.258 e. The standard InChI is InChI=1S/C18H16BrClN2O2/c1-2-16(13-4-6-14(19)7-5-13)22-18(23)11-24-17-8-3-12(10-21)9-15(17)20/h3-9,16H,2,11H2,1H3,(H,22,23)/t16-/m1/s1. The van der Waals surface area contributed by atoms with Gasteiger partial charge in [0.25, 0.3) is 5.91 Å². The molecule has 0 aliphatic rings.